The molecule has 0 saturated carbocycles. The fourth-order valence-corrected chi connectivity index (χ4v) is 4.58. The van der Waals surface area contributed by atoms with Crippen LogP contribution in [0.2, 0.25) is 5.02 Å². The highest BCUT2D eigenvalue weighted by atomic mass is 35.5. The Morgan fingerprint density at radius 2 is 1.63 bits per heavy atom. The van der Waals surface area contributed by atoms with E-state index in [9.17, 15) is 14.4 Å². The van der Waals surface area contributed by atoms with Crippen LogP contribution in [0.25, 0.3) is 6.08 Å². The summed E-state index contributed by atoms with van der Waals surface area (Å²) in [7, 11) is 3.02. The van der Waals surface area contributed by atoms with E-state index in [0.717, 1.165) is 22.4 Å². The number of nitrogens with zero attached hydrogens (tertiary/aromatic N) is 1. The number of imide groups is 2. The van der Waals surface area contributed by atoms with Crippen molar-refractivity contribution in [2.45, 2.75) is 32.9 Å². The fraction of sp³-hybridized carbons (Fsp3) is 0.242. The second-order valence-corrected chi connectivity index (χ2v) is 10.1. The van der Waals surface area contributed by atoms with E-state index < -0.39 is 17.8 Å². The van der Waals surface area contributed by atoms with Gasteiger partial charge in [0.25, 0.3) is 11.8 Å². The maximum absolute atomic E-state index is 13.5. The van der Waals surface area contributed by atoms with Crippen molar-refractivity contribution in [3.8, 4) is 23.0 Å². The number of rotatable bonds is 13. The average Bonchev–Trinajstić information content (AvgIpc) is 3.00. The number of barbiturate groups is 1. The number of methoxy groups -OCH3 is 2. The zero-order valence-corrected chi connectivity index (χ0v) is 25.0. The van der Waals surface area contributed by atoms with Crippen molar-refractivity contribution in [3.63, 3.8) is 0 Å². The van der Waals surface area contributed by atoms with Crippen LogP contribution in [0.15, 0.2) is 72.8 Å². The van der Waals surface area contributed by atoms with Gasteiger partial charge < -0.3 is 18.9 Å². The molecule has 1 heterocycles. The molecule has 0 aliphatic carbocycles. The minimum absolute atomic E-state index is 0.0811. The smallest absolute Gasteiger partial charge is 0.331 e. The number of amides is 4. The zero-order valence-electron chi connectivity index (χ0n) is 24.3. The van der Waals surface area contributed by atoms with Gasteiger partial charge in [-0.3, -0.25) is 19.8 Å². The second-order valence-electron chi connectivity index (χ2n) is 9.66. The molecule has 0 bridgehead atoms. The van der Waals surface area contributed by atoms with Crippen molar-refractivity contribution in [1.82, 2.24) is 10.2 Å². The third kappa shape index (κ3) is 7.55. The van der Waals surface area contributed by atoms with Crippen LogP contribution in [0.5, 0.6) is 23.0 Å². The summed E-state index contributed by atoms with van der Waals surface area (Å²) in [4.78, 5) is 40.0. The lowest BCUT2D eigenvalue weighted by Gasteiger charge is -2.26. The highest BCUT2D eigenvalue weighted by molar-refractivity contribution is 6.31. The van der Waals surface area contributed by atoms with Gasteiger partial charge in [-0.15, -0.1) is 6.58 Å². The lowest BCUT2D eigenvalue weighted by Crippen LogP contribution is -2.53. The molecular formula is C33H33ClN2O7. The summed E-state index contributed by atoms with van der Waals surface area (Å²) in [5.74, 6) is 0.432. The van der Waals surface area contributed by atoms with Gasteiger partial charge in [0, 0.05) is 10.6 Å². The number of carbonyl (C=O) groups is 3. The first-order valence-electron chi connectivity index (χ1n) is 13.7. The maximum Gasteiger partial charge on any atom is 0.331 e. The number of hydrogen-bond donors (Lipinski definition) is 1. The molecule has 43 heavy (non-hydrogen) atoms. The molecule has 3 aromatic rings. The van der Waals surface area contributed by atoms with E-state index in [2.05, 4.69) is 11.9 Å². The number of carbonyl (C=O) groups excluding carboxylic acids is 3. The average molecular weight is 605 g/mol. The summed E-state index contributed by atoms with van der Waals surface area (Å²) in [5.41, 5.74) is 2.59. The topological polar surface area (TPSA) is 103 Å². The molecule has 0 spiro atoms. The van der Waals surface area contributed by atoms with Crippen LogP contribution in [0.4, 0.5) is 4.79 Å². The summed E-state index contributed by atoms with van der Waals surface area (Å²) in [6, 6.07) is 15.1. The Hall–Kier alpha value is -4.76. The van der Waals surface area contributed by atoms with Crippen LogP contribution in [0, 0.1) is 0 Å². The van der Waals surface area contributed by atoms with Crippen molar-refractivity contribution in [2.24, 2.45) is 0 Å². The van der Waals surface area contributed by atoms with E-state index in [1.54, 1.807) is 48.5 Å². The van der Waals surface area contributed by atoms with E-state index >= 15 is 0 Å². The molecule has 1 saturated heterocycles. The SMILES string of the molecule is C=CCc1cc(/C=C2\C(=O)NC(=O)N(Cc3ccc(OCCC)c(OC)c3)C2=O)cc(OC)c1OCc1ccc(Cl)cc1. The van der Waals surface area contributed by atoms with E-state index in [1.165, 1.54) is 20.3 Å². The standard InChI is InChI=1S/C33H33ClN2O7/c1-5-7-24-15-23(18-29(41-4)30(24)43-20-21-8-11-25(34)12-9-21)16-26-31(37)35-33(39)36(32(26)38)19-22-10-13-27(42-14-6-2)28(17-22)40-3/h5,8-13,15-18H,1,6-7,14,19-20H2,2-4H3,(H,35,37,39)/b26-16+. The van der Waals surface area contributed by atoms with Crippen molar-refractivity contribution < 1.29 is 33.3 Å². The van der Waals surface area contributed by atoms with Crippen LogP contribution in [-0.4, -0.2) is 43.6 Å². The summed E-state index contributed by atoms with van der Waals surface area (Å²) in [5, 5.41) is 2.89. The maximum atomic E-state index is 13.5. The minimum Gasteiger partial charge on any atom is -0.493 e. The molecule has 0 atom stereocenters. The normalized spacial score (nSPS) is 14.0. The van der Waals surface area contributed by atoms with Gasteiger partial charge in [-0.1, -0.05) is 42.8 Å². The molecule has 4 rings (SSSR count). The summed E-state index contributed by atoms with van der Waals surface area (Å²) < 4.78 is 22.8. The highest BCUT2D eigenvalue weighted by Gasteiger charge is 2.36. The van der Waals surface area contributed by atoms with Crippen LogP contribution >= 0.6 is 11.6 Å². The molecule has 1 fully saturated rings. The van der Waals surface area contributed by atoms with Crippen molar-refractivity contribution in [2.75, 3.05) is 20.8 Å². The van der Waals surface area contributed by atoms with Gasteiger partial charge in [-0.05, 0) is 72.0 Å². The Kier molecular flexibility index (Phi) is 10.5. The molecule has 0 radical (unpaired) electrons. The zero-order chi connectivity index (χ0) is 30.9. The predicted octanol–water partition coefficient (Wildman–Crippen LogP) is 6.12. The Labute approximate surface area is 255 Å². The van der Waals surface area contributed by atoms with E-state index in [1.807, 2.05) is 19.1 Å². The Morgan fingerprint density at radius 1 is 0.907 bits per heavy atom. The summed E-state index contributed by atoms with van der Waals surface area (Å²) in [6.07, 6.45) is 4.41. The predicted molar refractivity (Wildman–Crippen MR) is 164 cm³/mol. The van der Waals surface area contributed by atoms with Gasteiger partial charge in [0.1, 0.15) is 12.2 Å². The molecule has 9 nitrogen and oxygen atoms in total. The number of nitrogens with one attached hydrogen (secondary N) is 1. The Morgan fingerprint density at radius 3 is 2.30 bits per heavy atom. The molecule has 1 N–H and O–H groups in total. The van der Waals surface area contributed by atoms with Gasteiger partial charge >= 0.3 is 6.03 Å². The number of hydrogen-bond acceptors (Lipinski definition) is 7. The number of benzene rings is 3. The quantitative estimate of drug-likeness (QED) is 0.142. The van der Waals surface area contributed by atoms with Crippen molar-refractivity contribution in [3.05, 3.63) is 100 Å². The van der Waals surface area contributed by atoms with Crippen molar-refractivity contribution >= 4 is 35.5 Å². The molecular weight excluding hydrogens is 572 g/mol. The third-order valence-electron chi connectivity index (χ3n) is 6.56. The first-order chi connectivity index (χ1) is 20.8. The fourth-order valence-electron chi connectivity index (χ4n) is 4.45. The molecule has 1 aliphatic heterocycles. The number of halogens is 1. The highest BCUT2D eigenvalue weighted by Crippen LogP contribution is 2.35. The monoisotopic (exact) mass is 604 g/mol. The number of ether oxygens (including phenoxy) is 4. The first-order valence-corrected chi connectivity index (χ1v) is 14.0. The van der Waals surface area contributed by atoms with Gasteiger partial charge in [0.15, 0.2) is 23.0 Å². The van der Waals surface area contributed by atoms with E-state index in [-0.39, 0.29) is 18.7 Å². The molecule has 10 heteroatoms. The summed E-state index contributed by atoms with van der Waals surface area (Å²) >= 11 is 5.99. The van der Waals surface area contributed by atoms with Crippen LogP contribution in [0.1, 0.15) is 35.6 Å². The molecule has 1 aliphatic rings. The Balaban J connectivity index is 1.61. The lowest BCUT2D eigenvalue weighted by atomic mass is 10.0. The van der Waals surface area contributed by atoms with Crippen molar-refractivity contribution in [1.29, 1.82) is 0 Å². The van der Waals surface area contributed by atoms with Gasteiger partial charge in [0.05, 0.1) is 27.4 Å². The third-order valence-corrected chi connectivity index (χ3v) is 6.81. The lowest BCUT2D eigenvalue weighted by molar-refractivity contribution is -0.130. The largest absolute Gasteiger partial charge is 0.493 e. The molecule has 4 amide bonds. The second kappa shape index (κ2) is 14.4. The molecule has 0 aromatic heterocycles. The van der Waals surface area contributed by atoms with Crippen LogP contribution < -0.4 is 24.3 Å². The van der Waals surface area contributed by atoms with Gasteiger partial charge in [-0.2, -0.15) is 0 Å². The number of urea groups is 1. The molecule has 0 unspecified atom stereocenters. The molecule has 3 aromatic carbocycles. The van der Waals surface area contributed by atoms with Gasteiger partial charge in [0.2, 0.25) is 0 Å². The summed E-state index contributed by atoms with van der Waals surface area (Å²) in [6.45, 7) is 6.54. The number of allylic oxidation sites excluding steroid dienone is 1. The van der Waals surface area contributed by atoms with E-state index in [4.69, 9.17) is 30.5 Å². The van der Waals surface area contributed by atoms with E-state index in [0.29, 0.717) is 52.2 Å². The minimum atomic E-state index is -0.812. The Bertz CT molecular complexity index is 1550. The van der Waals surface area contributed by atoms with Gasteiger partial charge in [-0.25, -0.2) is 4.79 Å². The van der Waals surface area contributed by atoms with Crippen LogP contribution in [0.3, 0.4) is 0 Å². The van der Waals surface area contributed by atoms with Crippen LogP contribution in [-0.2, 0) is 29.2 Å². The first kappa shape index (κ1) is 31.2. The molecule has 224 valence electrons.